The van der Waals surface area contributed by atoms with Crippen molar-refractivity contribution < 1.29 is 27.4 Å². The van der Waals surface area contributed by atoms with Crippen LogP contribution in [0, 0.1) is 0 Å². The SMILES string of the molecule is COC(=O)c1cc(N)cnc1-c1ccccc1OC(F)(F)F. The number of nitrogens with two attached hydrogens (primary N) is 1. The average Bonchev–Trinajstić information content (AvgIpc) is 2.45. The number of carbonyl (C=O) groups is 1. The Morgan fingerprint density at radius 3 is 2.59 bits per heavy atom. The predicted octanol–water partition coefficient (Wildman–Crippen LogP) is 3.02. The summed E-state index contributed by atoms with van der Waals surface area (Å²) >= 11 is 0. The maximum Gasteiger partial charge on any atom is 0.573 e. The summed E-state index contributed by atoms with van der Waals surface area (Å²) in [5.74, 6) is -1.24. The van der Waals surface area contributed by atoms with Crippen molar-refractivity contribution in [2.24, 2.45) is 0 Å². The van der Waals surface area contributed by atoms with Crippen LogP contribution in [0.25, 0.3) is 11.3 Å². The molecule has 0 spiro atoms. The van der Waals surface area contributed by atoms with E-state index >= 15 is 0 Å². The standard InChI is InChI=1S/C14H11F3N2O3/c1-21-13(20)10-6-8(18)7-19-12(10)9-4-2-3-5-11(9)22-14(15,16)17/h2-7H,18H2,1H3. The van der Waals surface area contributed by atoms with Crippen molar-refractivity contribution in [1.82, 2.24) is 4.98 Å². The number of pyridine rings is 1. The number of alkyl halides is 3. The maximum absolute atomic E-state index is 12.5. The molecule has 5 nitrogen and oxygen atoms in total. The molecule has 2 N–H and O–H groups in total. The Morgan fingerprint density at radius 1 is 1.27 bits per heavy atom. The molecular formula is C14H11F3N2O3. The highest BCUT2D eigenvalue weighted by Gasteiger charge is 2.32. The van der Waals surface area contributed by atoms with Gasteiger partial charge >= 0.3 is 12.3 Å². The summed E-state index contributed by atoms with van der Waals surface area (Å²) < 4.78 is 46.0. The van der Waals surface area contributed by atoms with Crippen molar-refractivity contribution in [2.75, 3.05) is 12.8 Å². The number of halogens is 3. The van der Waals surface area contributed by atoms with Crippen molar-refractivity contribution in [3.05, 3.63) is 42.1 Å². The first kappa shape index (κ1) is 15.6. The van der Waals surface area contributed by atoms with E-state index in [9.17, 15) is 18.0 Å². The van der Waals surface area contributed by atoms with E-state index in [1.807, 2.05) is 0 Å². The fourth-order valence-corrected chi connectivity index (χ4v) is 1.84. The molecule has 0 saturated carbocycles. The van der Waals surface area contributed by atoms with E-state index in [0.29, 0.717) is 0 Å². The summed E-state index contributed by atoms with van der Waals surface area (Å²) in [5, 5.41) is 0. The van der Waals surface area contributed by atoms with Gasteiger partial charge in [0.05, 0.1) is 30.3 Å². The Kier molecular flexibility index (Phi) is 4.20. The third-order valence-corrected chi connectivity index (χ3v) is 2.68. The zero-order valence-electron chi connectivity index (χ0n) is 11.3. The first-order chi connectivity index (χ1) is 10.3. The Morgan fingerprint density at radius 2 is 1.95 bits per heavy atom. The van der Waals surface area contributed by atoms with Gasteiger partial charge in [0.15, 0.2) is 0 Å². The number of ether oxygens (including phenoxy) is 2. The van der Waals surface area contributed by atoms with E-state index in [1.54, 1.807) is 0 Å². The molecule has 0 bridgehead atoms. The van der Waals surface area contributed by atoms with Crippen molar-refractivity contribution >= 4 is 11.7 Å². The Labute approximate surface area is 123 Å². The minimum Gasteiger partial charge on any atom is -0.465 e. The second kappa shape index (κ2) is 5.92. The average molecular weight is 312 g/mol. The van der Waals surface area contributed by atoms with Gasteiger partial charge in [0, 0.05) is 5.56 Å². The normalized spacial score (nSPS) is 11.1. The summed E-state index contributed by atoms with van der Waals surface area (Å²) in [5.41, 5.74) is 5.67. The number of hydrogen-bond acceptors (Lipinski definition) is 5. The summed E-state index contributed by atoms with van der Waals surface area (Å²) in [6.45, 7) is 0. The van der Waals surface area contributed by atoms with Crippen LogP contribution < -0.4 is 10.5 Å². The van der Waals surface area contributed by atoms with Crippen molar-refractivity contribution in [1.29, 1.82) is 0 Å². The first-order valence-electron chi connectivity index (χ1n) is 6.01. The topological polar surface area (TPSA) is 74.4 Å². The highest BCUT2D eigenvalue weighted by molar-refractivity contribution is 5.97. The lowest BCUT2D eigenvalue weighted by Gasteiger charge is -2.14. The van der Waals surface area contributed by atoms with Gasteiger partial charge < -0.3 is 15.2 Å². The largest absolute Gasteiger partial charge is 0.573 e. The lowest BCUT2D eigenvalue weighted by atomic mass is 10.0. The minimum absolute atomic E-state index is 0.000208. The summed E-state index contributed by atoms with van der Waals surface area (Å²) in [4.78, 5) is 15.7. The Bertz CT molecular complexity index is 702. The molecule has 0 unspecified atom stereocenters. The van der Waals surface area contributed by atoms with E-state index in [0.717, 1.165) is 13.2 Å². The fraction of sp³-hybridized carbons (Fsp3) is 0.143. The van der Waals surface area contributed by atoms with Crippen LogP contribution >= 0.6 is 0 Å². The molecule has 0 amide bonds. The van der Waals surface area contributed by atoms with Crippen LogP contribution in [0.4, 0.5) is 18.9 Å². The van der Waals surface area contributed by atoms with Gasteiger partial charge in [-0.05, 0) is 18.2 Å². The van der Waals surface area contributed by atoms with E-state index in [2.05, 4.69) is 14.5 Å². The van der Waals surface area contributed by atoms with Gasteiger partial charge in [-0.15, -0.1) is 13.2 Å². The molecule has 1 aromatic carbocycles. The van der Waals surface area contributed by atoms with Crippen molar-refractivity contribution in [2.45, 2.75) is 6.36 Å². The number of nitrogen functional groups attached to an aromatic ring is 1. The third kappa shape index (κ3) is 3.46. The highest BCUT2D eigenvalue weighted by Crippen LogP contribution is 2.34. The number of para-hydroxylation sites is 1. The molecule has 22 heavy (non-hydrogen) atoms. The zero-order chi connectivity index (χ0) is 16.3. The second-order valence-corrected chi connectivity index (χ2v) is 4.20. The quantitative estimate of drug-likeness (QED) is 0.882. The third-order valence-electron chi connectivity index (χ3n) is 2.68. The fourth-order valence-electron chi connectivity index (χ4n) is 1.84. The molecule has 0 aliphatic carbocycles. The summed E-state index contributed by atoms with van der Waals surface area (Å²) in [6, 6.07) is 6.63. The minimum atomic E-state index is -4.87. The van der Waals surface area contributed by atoms with Gasteiger partial charge in [0.25, 0.3) is 0 Å². The number of methoxy groups -OCH3 is 1. The van der Waals surface area contributed by atoms with Crippen LogP contribution in [0.5, 0.6) is 5.75 Å². The molecule has 2 aromatic rings. The number of rotatable bonds is 3. The second-order valence-electron chi connectivity index (χ2n) is 4.20. The number of anilines is 1. The molecule has 0 saturated heterocycles. The molecule has 0 radical (unpaired) electrons. The van der Waals surface area contributed by atoms with Gasteiger partial charge in [-0.3, -0.25) is 4.98 Å². The maximum atomic E-state index is 12.5. The molecular weight excluding hydrogens is 301 g/mol. The summed E-state index contributed by atoms with van der Waals surface area (Å²) in [6.07, 6.45) is -3.64. The van der Waals surface area contributed by atoms with Crippen LogP contribution in [0.3, 0.4) is 0 Å². The van der Waals surface area contributed by atoms with Crippen LogP contribution in [0.2, 0.25) is 0 Å². The molecule has 0 fully saturated rings. The van der Waals surface area contributed by atoms with E-state index in [4.69, 9.17) is 5.73 Å². The van der Waals surface area contributed by atoms with Gasteiger partial charge in [-0.1, -0.05) is 12.1 Å². The van der Waals surface area contributed by atoms with E-state index < -0.39 is 18.1 Å². The van der Waals surface area contributed by atoms with E-state index in [-0.39, 0.29) is 22.5 Å². The number of benzene rings is 1. The van der Waals surface area contributed by atoms with Gasteiger partial charge in [-0.25, -0.2) is 4.79 Å². The molecule has 1 aromatic heterocycles. The molecule has 8 heteroatoms. The van der Waals surface area contributed by atoms with Gasteiger partial charge in [-0.2, -0.15) is 0 Å². The number of esters is 1. The molecule has 0 atom stereocenters. The summed E-state index contributed by atoms with van der Waals surface area (Å²) in [7, 11) is 1.15. The van der Waals surface area contributed by atoms with Gasteiger partial charge in [0.1, 0.15) is 5.75 Å². The van der Waals surface area contributed by atoms with Crippen LogP contribution in [-0.4, -0.2) is 24.4 Å². The molecule has 116 valence electrons. The van der Waals surface area contributed by atoms with Crippen LogP contribution in [0.1, 0.15) is 10.4 Å². The zero-order valence-corrected chi connectivity index (χ0v) is 11.3. The Balaban J connectivity index is 2.60. The van der Waals surface area contributed by atoms with Crippen LogP contribution in [0.15, 0.2) is 36.5 Å². The lowest BCUT2D eigenvalue weighted by Crippen LogP contribution is -2.18. The monoisotopic (exact) mass is 312 g/mol. The number of nitrogens with zero attached hydrogens (tertiary/aromatic N) is 1. The number of aromatic nitrogens is 1. The predicted molar refractivity (Wildman–Crippen MR) is 72.1 cm³/mol. The van der Waals surface area contributed by atoms with E-state index in [1.165, 1.54) is 30.5 Å². The van der Waals surface area contributed by atoms with Crippen molar-refractivity contribution in [3.8, 4) is 17.0 Å². The van der Waals surface area contributed by atoms with Gasteiger partial charge in [0.2, 0.25) is 0 Å². The first-order valence-corrected chi connectivity index (χ1v) is 6.01. The smallest absolute Gasteiger partial charge is 0.465 e. The molecule has 0 aliphatic rings. The molecule has 2 rings (SSSR count). The Hall–Kier alpha value is -2.77. The van der Waals surface area contributed by atoms with Crippen molar-refractivity contribution in [3.63, 3.8) is 0 Å². The molecule has 1 heterocycles. The highest BCUT2D eigenvalue weighted by atomic mass is 19.4. The number of carbonyl (C=O) groups excluding carboxylic acids is 1. The molecule has 0 aliphatic heterocycles. The lowest BCUT2D eigenvalue weighted by molar-refractivity contribution is -0.274. The number of hydrogen-bond donors (Lipinski definition) is 1. The van der Waals surface area contributed by atoms with Crippen LogP contribution in [-0.2, 0) is 4.74 Å².